The van der Waals surface area contributed by atoms with Crippen LogP contribution >= 0.6 is 15.9 Å². The number of rotatable bonds is 3. The van der Waals surface area contributed by atoms with E-state index in [4.69, 9.17) is 4.74 Å². The van der Waals surface area contributed by atoms with Gasteiger partial charge < -0.3 is 10.1 Å². The fourth-order valence-electron chi connectivity index (χ4n) is 3.15. The molecule has 25 heavy (non-hydrogen) atoms. The van der Waals surface area contributed by atoms with Gasteiger partial charge in [0.05, 0.1) is 11.5 Å². The van der Waals surface area contributed by atoms with Crippen molar-refractivity contribution in [1.82, 2.24) is 5.32 Å². The molecule has 1 fully saturated rings. The van der Waals surface area contributed by atoms with Gasteiger partial charge in [0.2, 0.25) is 0 Å². The fourth-order valence-corrected chi connectivity index (χ4v) is 3.60. The number of carbonyl (C=O) groups is 1. The maximum Gasteiger partial charge on any atom is 0.407 e. The van der Waals surface area contributed by atoms with Gasteiger partial charge in [-0.25, -0.2) is 9.18 Å². The minimum absolute atomic E-state index is 0.0250. The molecule has 136 valence electrons. The van der Waals surface area contributed by atoms with E-state index in [1.807, 2.05) is 26.8 Å². The third-order valence-corrected chi connectivity index (χ3v) is 5.13. The molecule has 1 aliphatic rings. The maximum absolute atomic E-state index is 14.1. The van der Waals surface area contributed by atoms with E-state index in [9.17, 15) is 14.4 Å². The number of amides is 1. The first-order valence-electron chi connectivity index (χ1n) is 8.45. The molecule has 0 radical (unpaired) electrons. The largest absolute Gasteiger partial charge is 0.444 e. The van der Waals surface area contributed by atoms with E-state index >= 15 is 0 Å². The highest BCUT2D eigenvalue weighted by molar-refractivity contribution is 9.08. The van der Waals surface area contributed by atoms with E-state index in [0.29, 0.717) is 42.1 Å². The number of nitrogens with zero attached hydrogens (tertiary/aromatic N) is 1. The molecule has 4 nitrogen and oxygen atoms in total. The van der Waals surface area contributed by atoms with Crippen LogP contribution in [0.4, 0.5) is 9.18 Å². The molecular formula is C19H24BrFN2O2. The Kier molecular flexibility index (Phi) is 6.10. The number of benzene rings is 1. The molecule has 0 bridgehead atoms. The molecule has 0 atom stereocenters. The van der Waals surface area contributed by atoms with Crippen LogP contribution in [0.15, 0.2) is 18.2 Å². The number of hydrogen-bond acceptors (Lipinski definition) is 3. The van der Waals surface area contributed by atoms with Crippen molar-refractivity contribution < 1.29 is 13.9 Å². The highest BCUT2D eigenvalue weighted by atomic mass is 79.9. The van der Waals surface area contributed by atoms with E-state index < -0.39 is 17.1 Å². The molecule has 0 saturated heterocycles. The third kappa shape index (κ3) is 4.94. The first-order chi connectivity index (χ1) is 11.7. The lowest BCUT2D eigenvalue weighted by molar-refractivity contribution is 0.0487. The summed E-state index contributed by atoms with van der Waals surface area (Å²) < 4.78 is 19.4. The van der Waals surface area contributed by atoms with Gasteiger partial charge in [-0.05, 0) is 63.6 Å². The van der Waals surface area contributed by atoms with Crippen LogP contribution < -0.4 is 5.32 Å². The molecule has 1 aromatic carbocycles. The summed E-state index contributed by atoms with van der Waals surface area (Å²) in [6.07, 6.45) is 2.05. The lowest BCUT2D eigenvalue weighted by Gasteiger charge is -2.36. The number of ether oxygens (including phenoxy) is 1. The SMILES string of the molecule is CC(C)(C)OC(=O)NC1CCC(C#N)(c2ccc(CBr)c(F)c2)CC1. The lowest BCUT2D eigenvalue weighted by atomic mass is 9.69. The smallest absolute Gasteiger partial charge is 0.407 e. The minimum Gasteiger partial charge on any atom is -0.444 e. The van der Waals surface area contributed by atoms with E-state index in [2.05, 4.69) is 27.3 Å². The summed E-state index contributed by atoms with van der Waals surface area (Å²) in [4.78, 5) is 11.9. The Labute approximate surface area is 156 Å². The van der Waals surface area contributed by atoms with Crippen LogP contribution in [0.2, 0.25) is 0 Å². The van der Waals surface area contributed by atoms with Gasteiger partial charge in [-0.1, -0.05) is 28.1 Å². The molecule has 6 heteroatoms. The average Bonchev–Trinajstić information content (AvgIpc) is 2.54. The van der Waals surface area contributed by atoms with Gasteiger partial charge in [-0.15, -0.1) is 0 Å². The van der Waals surface area contributed by atoms with Crippen molar-refractivity contribution >= 4 is 22.0 Å². The number of hydrogen-bond donors (Lipinski definition) is 1. The summed E-state index contributed by atoms with van der Waals surface area (Å²) in [6, 6.07) is 7.40. The van der Waals surface area contributed by atoms with Gasteiger partial charge in [0.15, 0.2) is 0 Å². The zero-order valence-corrected chi connectivity index (χ0v) is 16.5. The van der Waals surface area contributed by atoms with Crippen molar-refractivity contribution in [3.8, 4) is 6.07 Å². The molecule has 1 aliphatic carbocycles. The van der Waals surface area contributed by atoms with Crippen LogP contribution in [0, 0.1) is 17.1 Å². The summed E-state index contributed by atoms with van der Waals surface area (Å²) in [6.45, 7) is 5.46. The number of nitriles is 1. The third-order valence-electron chi connectivity index (χ3n) is 4.52. The zero-order valence-electron chi connectivity index (χ0n) is 14.9. The fraction of sp³-hybridized carbons (Fsp3) is 0.579. The number of alkyl carbamates (subject to hydrolysis) is 1. The number of carbonyl (C=O) groups excluding carboxylic acids is 1. The van der Waals surface area contributed by atoms with Crippen molar-refractivity contribution in [2.75, 3.05) is 0 Å². The van der Waals surface area contributed by atoms with E-state index in [-0.39, 0.29) is 11.9 Å². The highest BCUT2D eigenvalue weighted by Crippen LogP contribution is 2.39. The molecule has 0 heterocycles. The Morgan fingerprint density at radius 3 is 2.56 bits per heavy atom. The van der Waals surface area contributed by atoms with Crippen LogP contribution in [-0.2, 0) is 15.5 Å². The van der Waals surface area contributed by atoms with E-state index in [1.165, 1.54) is 6.07 Å². The van der Waals surface area contributed by atoms with E-state index in [0.717, 1.165) is 0 Å². The predicted octanol–water partition coefficient (Wildman–Crippen LogP) is 4.95. The van der Waals surface area contributed by atoms with Crippen LogP contribution in [0.3, 0.4) is 0 Å². The summed E-state index contributed by atoms with van der Waals surface area (Å²) in [5.41, 5.74) is 0.0619. The summed E-state index contributed by atoms with van der Waals surface area (Å²) in [7, 11) is 0. The molecular weight excluding hydrogens is 387 g/mol. The molecule has 1 aromatic rings. The van der Waals surface area contributed by atoms with Crippen molar-refractivity contribution in [3.63, 3.8) is 0 Å². The molecule has 2 rings (SSSR count). The Morgan fingerprint density at radius 1 is 1.44 bits per heavy atom. The monoisotopic (exact) mass is 410 g/mol. The number of alkyl halides is 1. The van der Waals surface area contributed by atoms with Gasteiger partial charge in [-0.2, -0.15) is 5.26 Å². The summed E-state index contributed by atoms with van der Waals surface area (Å²) in [5, 5.41) is 13.1. The Morgan fingerprint density at radius 2 is 2.08 bits per heavy atom. The second kappa shape index (κ2) is 7.74. The van der Waals surface area contributed by atoms with Crippen molar-refractivity contribution in [1.29, 1.82) is 5.26 Å². The average molecular weight is 411 g/mol. The minimum atomic E-state index is -0.697. The van der Waals surface area contributed by atoms with Gasteiger partial charge >= 0.3 is 6.09 Å². The van der Waals surface area contributed by atoms with E-state index in [1.54, 1.807) is 6.07 Å². The van der Waals surface area contributed by atoms with Crippen LogP contribution in [0.5, 0.6) is 0 Å². The molecule has 1 amide bonds. The van der Waals surface area contributed by atoms with Gasteiger partial charge in [0.1, 0.15) is 11.4 Å². The number of halogens is 2. The van der Waals surface area contributed by atoms with Crippen LogP contribution in [-0.4, -0.2) is 17.7 Å². The maximum atomic E-state index is 14.1. The Balaban J connectivity index is 2.04. The van der Waals surface area contributed by atoms with Gasteiger partial charge in [-0.3, -0.25) is 0 Å². The second-order valence-electron chi connectivity index (χ2n) is 7.55. The second-order valence-corrected chi connectivity index (χ2v) is 8.11. The van der Waals surface area contributed by atoms with Crippen molar-refractivity contribution in [3.05, 3.63) is 35.1 Å². The first kappa shape index (κ1) is 19.7. The zero-order chi connectivity index (χ0) is 18.7. The lowest BCUT2D eigenvalue weighted by Crippen LogP contribution is -2.43. The van der Waals surface area contributed by atoms with Crippen molar-refractivity contribution in [2.24, 2.45) is 0 Å². The molecule has 0 unspecified atom stereocenters. The molecule has 1 N–H and O–H groups in total. The predicted molar refractivity (Wildman–Crippen MR) is 97.9 cm³/mol. The Bertz CT molecular complexity index is 671. The molecule has 0 aliphatic heterocycles. The van der Waals surface area contributed by atoms with Crippen LogP contribution in [0.1, 0.15) is 57.6 Å². The topological polar surface area (TPSA) is 62.1 Å². The summed E-state index contributed by atoms with van der Waals surface area (Å²) >= 11 is 3.25. The molecule has 1 saturated carbocycles. The summed E-state index contributed by atoms with van der Waals surface area (Å²) in [5.74, 6) is -0.294. The number of nitrogens with one attached hydrogen (secondary N) is 1. The normalized spacial score (nSPS) is 23.6. The molecule has 0 spiro atoms. The highest BCUT2D eigenvalue weighted by Gasteiger charge is 2.38. The quantitative estimate of drug-likeness (QED) is 0.716. The standard InChI is InChI=1S/C19H24BrFN2O2/c1-18(2,3)25-17(24)23-15-6-8-19(12-22,9-7-15)14-5-4-13(11-20)16(21)10-14/h4-5,10,15H,6-9,11H2,1-3H3,(H,23,24). The first-order valence-corrected chi connectivity index (χ1v) is 9.57. The van der Waals surface area contributed by atoms with Crippen molar-refractivity contribution in [2.45, 2.75) is 68.8 Å². The van der Waals surface area contributed by atoms with Gasteiger partial charge in [0, 0.05) is 11.4 Å². The van der Waals surface area contributed by atoms with Gasteiger partial charge in [0.25, 0.3) is 0 Å². The molecule has 0 aromatic heterocycles. The Hall–Kier alpha value is -1.61. The van der Waals surface area contributed by atoms with Crippen LogP contribution in [0.25, 0.3) is 0 Å².